The van der Waals surface area contributed by atoms with Gasteiger partial charge in [0, 0.05) is 17.7 Å². The lowest BCUT2D eigenvalue weighted by atomic mass is 10.1. The lowest BCUT2D eigenvalue weighted by Crippen LogP contribution is -2.37. The van der Waals surface area contributed by atoms with Crippen molar-refractivity contribution in [3.05, 3.63) is 35.4 Å². The normalized spacial score (nSPS) is 15.2. The lowest BCUT2D eigenvalue weighted by Gasteiger charge is -2.26. The zero-order valence-electron chi connectivity index (χ0n) is 23.3. The molecular weight excluding hydrogens is 428 g/mol. The summed E-state index contributed by atoms with van der Waals surface area (Å²) in [5, 5.41) is 3.73. The first-order valence-electron chi connectivity index (χ1n) is 15.4. The molecule has 200 valence electrons. The molecule has 0 saturated carbocycles. The van der Waals surface area contributed by atoms with Crippen molar-refractivity contribution in [2.45, 2.75) is 148 Å². The Hall–Kier alpha value is -1.35. The van der Waals surface area contributed by atoms with E-state index in [2.05, 4.69) is 36.2 Å². The summed E-state index contributed by atoms with van der Waals surface area (Å²) in [7, 11) is 0. The van der Waals surface area contributed by atoms with Crippen molar-refractivity contribution < 1.29 is 4.79 Å². The van der Waals surface area contributed by atoms with Crippen LogP contribution in [0.4, 0.5) is 0 Å². The molecule has 1 amide bonds. The van der Waals surface area contributed by atoms with Crippen molar-refractivity contribution in [1.82, 2.24) is 10.2 Å². The molecule has 3 heteroatoms. The number of hydrogen-bond acceptors (Lipinski definition) is 2. The topological polar surface area (TPSA) is 32.3 Å². The Balaban J connectivity index is 1.62. The Morgan fingerprint density at radius 3 is 1.63 bits per heavy atom. The Morgan fingerprint density at radius 1 is 0.629 bits per heavy atom. The van der Waals surface area contributed by atoms with Gasteiger partial charge in [-0.15, -0.1) is 0 Å². The summed E-state index contributed by atoms with van der Waals surface area (Å²) in [4.78, 5) is 15.2. The number of benzene rings is 1. The van der Waals surface area contributed by atoms with Crippen molar-refractivity contribution in [2.24, 2.45) is 0 Å². The Kier molecular flexibility index (Phi) is 16.9. The second-order valence-corrected chi connectivity index (χ2v) is 10.8. The highest BCUT2D eigenvalue weighted by Gasteiger charge is 2.35. The number of nitrogens with one attached hydrogen (secondary N) is 1. The zero-order valence-corrected chi connectivity index (χ0v) is 23.3. The van der Waals surface area contributed by atoms with Crippen molar-refractivity contribution in [3.8, 4) is 0 Å². The molecule has 1 aromatic rings. The third-order valence-electron chi connectivity index (χ3n) is 7.68. The molecule has 0 aromatic heterocycles. The van der Waals surface area contributed by atoms with Gasteiger partial charge in [-0.2, -0.15) is 0 Å². The Labute approximate surface area is 217 Å². The van der Waals surface area contributed by atoms with Crippen LogP contribution in [0.25, 0.3) is 0 Å². The Morgan fingerprint density at radius 2 is 1.09 bits per heavy atom. The first kappa shape index (κ1) is 29.9. The molecule has 1 aliphatic rings. The van der Waals surface area contributed by atoms with Crippen molar-refractivity contribution >= 4 is 5.91 Å². The number of rotatable bonds is 23. The van der Waals surface area contributed by atoms with Gasteiger partial charge in [0.1, 0.15) is 6.17 Å². The molecule has 1 unspecified atom stereocenters. The van der Waals surface area contributed by atoms with Gasteiger partial charge in [0.25, 0.3) is 5.91 Å². The third-order valence-corrected chi connectivity index (χ3v) is 7.68. The number of fused-ring (bicyclic) bond motifs is 1. The number of amides is 1. The number of hydrogen-bond donors (Lipinski definition) is 1. The summed E-state index contributed by atoms with van der Waals surface area (Å²) in [6.07, 6.45) is 27.0. The second-order valence-electron chi connectivity index (χ2n) is 10.8. The zero-order chi connectivity index (χ0) is 25.0. The smallest absolute Gasteiger partial charge is 0.255 e. The van der Waals surface area contributed by atoms with Crippen LogP contribution in [0.15, 0.2) is 24.3 Å². The van der Waals surface area contributed by atoms with Crippen molar-refractivity contribution in [1.29, 1.82) is 0 Å². The van der Waals surface area contributed by atoms with E-state index in [4.69, 9.17) is 0 Å². The standard InChI is InChI=1S/C32H56N2O/c1-3-5-7-9-11-13-15-17-19-23-27-33-31-29-25-21-22-26-30(29)32(35)34(31)28-24-20-18-16-14-12-10-8-6-4-2/h21-22,25-26,31,33H,3-20,23-24,27-28H2,1-2H3. The molecule has 1 aromatic carbocycles. The molecule has 0 saturated heterocycles. The van der Waals surface area contributed by atoms with E-state index in [0.29, 0.717) is 0 Å². The summed E-state index contributed by atoms with van der Waals surface area (Å²) in [5.41, 5.74) is 2.08. The van der Waals surface area contributed by atoms with Crippen LogP contribution in [0.5, 0.6) is 0 Å². The number of unbranched alkanes of at least 4 members (excludes halogenated alkanes) is 18. The van der Waals surface area contributed by atoms with E-state index in [1.807, 2.05) is 12.1 Å². The maximum Gasteiger partial charge on any atom is 0.255 e. The Bertz CT molecular complexity index is 659. The molecule has 0 bridgehead atoms. The summed E-state index contributed by atoms with van der Waals surface area (Å²) < 4.78 is 0. The van der Waals surface area contributed by atoms with Gasteiger partial charge in [-0.1, -0.05) is 148 Å². The molecule has 1 aliphatic heterocycles. The summed E-state index contributed by atoms with van der Waals surface area (Å²) in [6, 6.07) is 8.22. The minimum Gasteiger partial charge on any atom is -0.319 e. The van der Waals surface area contributed by atoms with E-state index in [1.165, 1.54) is 128 Å². The van der Waals surface area contributed by atoms with Crippen LogP contribution < -0.4 is 5.32 Å². The van der Waals surface area contributed by atoms with Crippen molar-refractivity contribution in [3.63, 3.8) is 0 Å². The maximum absolute atomic E-state index is 13.1. The highest BCUT2D eigenvalue weighted by atomic mass is 16.2. The van der Waals surface area contributed by atoms with Crippen LogP contribution in [0.2, 0.25) is 0 Å². The van der Waals surface area contributed by atoms with Crippen molar-refractivity contribution in [2.75, 3.05) is 13.1 Å². The van der Waals surface area contributed by atoms with Gasteiger partial charge in [0.15, 0.2) is 0 Å². The highest BCUT2D eigenvalue weighted by molar-refractivity contribution is 5.99. The summed E-state index contributed by atoms with van der Waals surface area (Å²) >= 11 is 0. The van der Waals surface area contributed by atoms with Gasteiger partial charge < -0.3 is 4.90 Å². The maximum atomic E-state index is 13.1. The average molecular weight is 485 g/mol. The van der Waals surface area contributed by atoms with Gasteiger partial charge >= 0.3 is 0 Å². The molecule has 0 spiro atoms. The monoisotopic (exact) mass is 484 g/mol. The van der Waals surface area contributed by atoms with E-state index in [-0.39, 0.29) is 12.1 Å². The fourth-order valence-corrected chi connectivity index (χ4v) is 5.44. The van der Waals surface area contributed by atoms with Gasteiger partial charge in [-0.05, 0) is 25.5 Å². The van der Waals surface area contributed by atoms with Crippen LogP contribution >= 0.6 is 0 Å². The lowest BCUT2D eigenvalue weighted by molar-refractivity contribution is 0.0690. The molecule has 1 heterocycles. The van der Waals surface area contributed by atoms with E-state index in [9.17, 15) is 4.79 Å². The molecule has 0 radical (unpaired) electrons. The van der Waals surface area contributed by atoms with Crippen LogP contribution in [-0.2, 0) is 0 Å². The van der Waals surface area contributed by atoms with E-state index >= 15 is 0 Å². The minimum atomic E-state index is 0.0656. The van der Waals surface area contributed by atoms with Gasteiger partial charge in [-0.25, -0.2) is 0 Å². The number of nitrogens with zero attached hydrogens (tertiary/aromatic N) is 1. The van der Waals surface area contributed by atoms with Crippen LogP contribution in [0, 0.1) is 0 Å². The molecular formula is C32H56N2O. The van der Waals surface area contributed by atoms with E-state index in [1.54, 1.807) is 0 Å². The fourth-order valence-electron chi connectivity index (χ4n) is 5.44. The van der Waals surface area contributed by atoms with Crippen LogP contribution in [0.3, 0.4) is 0 Å². The molecule has 0 fully saturated rings. The molecule has 1 N–H and O–H groups in total. The van der Waals surface area contributed by atoms with E-state index < -0.39 is 0 Å². The second kappa shape index (κ2) is 19.8. The first-order chi connectivity index (χ1) is 17.3. The largest absolute Gasteiger partial charge is 0.319 e. The van der Waals surface area contributed by atoms with Gasteiger partial charge in [0.2, 0.25) is 0 Å². The van der Waals surface area contributed by atoms with E-state index in [0.717, 1.165) is 25.1 Å². The summed E-state index contributed by atoms with van der Waals surface area (Å²) in [5.74, 6) is 0.220. The van der Waals surface area contributed by atoms with Crippen LogP contribution in [-0.4, -0.2) is 23.9 Å². The molecule has 35 heavy (non-hydrogen) atoms. The SMILES string of the molecule is CCCCCCCCCCCCNC1c2ccccc2C(=O)N1CCCCCCCCCCCC. The predicted molar refractivity (Wildman–Crippen MR) is 152 cm³/mol. The molecule has 2 rings (SSSR count). The minimum absolute atomic E-state index is 0.0656. The summed E-state index contributed by atoms with van der Waals surface area (Å²) in [6.45, 7) is 6.43. The molecule has 1 atom stereocenters. The fraction of sp³-hybridized carbons (Fsp3) is 0.781. The highest BCUT2D eigenvalue weighted by Crippen LogP contribution is 2.32. The third kappa shape index (κ3) is 12.0. The molecule has 0 aliphatic carbocycles. The molecule has 3 nitrogen and oxygen atoms in total. The number of carbonyl (C=O) groups excluding carboxylic acids is 1. The average Bonchev–Trinajstić information content (AvgIpc) is 3.14. The number of carbonyl (C=O) groups is 1. The van der Waals surface area contributed by atoms with Gasteiger partial charge in [-0.3, -0.25) is 10.1 Å². The van der Waals surface area contributed by atoms with Crippen LogP contribution in [0.1, 0.15) is 164 Å². The predicted octanol–water partition coefficient (Wildman–Crippen LogP) is 9.57. The first-order valence-corrected chi connectivity index (χ1v) is 15.4. The van der Waals surface area contributed by atoms with Gasteiger partial charge in [0.05, 0.1) is 0 Å². The quantitative estimate of drug-likeness (QED) is 0.157.